The van der Waals surface area contributed by atoms with Crippen molar-refractivity contribution in [2.75, 3.05) is 0 Å². The molecule has 0 aromatic carbocycles. The second kappa shape index (κ2) is 3.47. The van der Waals surface area contributed by atoms with Crippen molar-refractivity contribution in [3.05, 3.63) is 22.1 Å². The molecule has 0 aliphatic rings. The van der Waals surface area contributed by atoms with Crippen molar-refractivity contribution in [2.24, 2.45) is 0 Å². The SMILES string of the molecule is CCn1[nH]c(C(C)C(=O)O)cc1=O. The summed E-state index contributed by atoms with van der Waals surface area (Å²) < 4.78 is 1.37. The summed E-state index contributed by atoms with van der Waals surface area (Å²) >= 11 is 0. The summed E-state index contributed by atoms with van der Waals surface area (Å²) in [7, 11) is 0. The van der Waals surface area contributed by atoms with E-state index < -0.39 is 11.9 Å². The lowest BCUT2D eigenvalue weighted by atomic mass is 10.1. The number of carbonyl (C=O) groups is 1. The van der Waals surface area contributed by atoms with Crippen LogP contribution in [0.1, 0.15) is 25.5 Å². The largest absolute Gasteiger partial charge is 0.481 e. The highest BCUT2D eigenvalue weighted by molar-refractivity contribution is 5.74. The van der Waals surface area contributed by atoms with E-state index in [4.69, 9.17) is 5.11 Å². The Balaban J connectivity index is 3.03. The summed E-state index contributed by atoms with van der Waals surface area (Å²) in [6, 6.07) is 1.32. The van der Waals surface area contributed by atoms with Crippen molar-refractivity contribution in [3.63, 3.8) is 0 Å². The van der Waals surface area contributed by atoms with Crippen molar-refractivity contribution < 1.29 is 9.90 Å². The van der Waals surface area contributed by atoms with Gasteiger partial charge in [-0.3, -0.25) is 19.4 Å². The quantitative estimate of drug-likeness (QED) is 0.713. The van der Waals surface area contributed by atoms with Gasteiger partial charge in [-0.2, -0.15) is 0 Å². The van der Waals surface area contributed by atoms with Gasteiger partial charge in [-0.25, -0.2) is 0 Å². The highest BCUT2D eigenvalue weighted by atomic mass is 16.4. The smallest absolute Gasteiger partial charge is 0.312 e. The summed E-state index contributed by atoms with van der Waals surface area (Å²) in [5.41, 5.74) is 0.255. The van der Waals surface area contributed by atoms with E-state index in [1.165, 1.54) is 17.7 Å². The van der Waals surface area contributed by atoms with Gasteiger partial charge in [0.05, 0.1) is 11.6 Å². The molecule has 5 nitrogen and oxygen atoms in total. The number of hydrogen-bond acceptors (Lipinski definition) is 2. The molecule has 0 aliphatic heterocycles. The van der Waals surface area contributed by atoms with Crippen molar-refractivity contribution in [2.45, 2.75) is 26.3 Å². The van der Waals surface area contributed by atoms with Gasteiger partial charge >= 0.3 is 5.97 Å². The molecule has 1 aromatic rings. The van der Waals surface area contributed by atoms with Crippen LogP contribution in [0.5, 0.6) is 0 Å². The molecule has 1 heterocycles. The Hall–Kier alpha value is -1.52. The highest BCUT2D eigenvalue weighted by Crippen LogP contribution is 2.09. The number of aryl methyl sites for hydroxylation is 1. The lowest BCUT2D eigenvalue weighted by Crippen LogP contribution is -2.14. The Labute approximate surface area is 75.0 Å². The van der Waals surface area contributed by atoms with Crippen molar-refractivity contribution >= 4 is 5.97 Å². The lowest BCUT2D eigenvalue weighted by molar-refractivity contribution is -0.138. The van der Waals surface area contributed by atoms with Crippen molar-refractivity contribution in [1.82, 2.24) is 9.78 Å². The summed E-state index contributed by atoms with van der Waals surface area (Å²) in [5.74, 6) is -1.61. The fourth-order valence-electron chi connectivity index (χ4n) is 1.04. The van der Waals surface area contributed by atoms with Gasteiger partial charge in [0.25, 0.3) is 5.56 Å². The van der Waals surface area contributed by atoms with Gasteiger partial charge < -0.3 is 5.11 Å². The molecule has 2 N–H and O–H groups in total. The van der Waals surface area contributed by atoms with E-state index in [1.54, 1.807) is 0 Å². The van der Waals surface area contributed by atoms with Crippen LogP contribution in [0.4, 0.5) is 0 Å². The van der Waals surface area contributed by atoms with Gasteiger partial charge in [0.2, 0.25) is 0 Å². The van der Waals surface area contributed by atoms with Crippen LogP contribution in [-0.4, -0.2) is 20.9 Å². The average Bonchev–Trinajstić information content (AvgIpc) is 2.45. The number of nitrogens with one attached hydrogen (secondary N) is 1. The third kappa shape index (κ3) is 1.80. The number of rotatable bonds is 3. The molecule has 1 unspecified atom stereocenters. The molecule has 13 heavy (non-hydrogen) atoms. The minimum atomic E-state index is -0.940. The van der Waals surface area contributed by atoms with Crippen LogP contribution in [0.25, 0.3) is 0 Å². The van der Waals surface area contributed by atoms with Crippen LogP contribution in [0.3, 0.4) is 0 Å². The van der Waals surface area contributed by atoms with E-state index in [0.717, 1.165) is 0 Å². The molecule has 0 radical (unpaired) electrons. The predicted molar refractivity (Wildman–Crippen MR) is 46.8 cm³/mol. The molecular weight excluding hydrogens is 172 g/mol. The van der Waals surface area contributed by atoms with Gasteiger partial charge in [0.15, 0.2) is 0 Å². The second-order valence-electron chi connectivity index (χ2n) is 2.85. The third-order valence-electron chi connectivity index (χ3n) is 1.96. The van der Waals surface area contributed by atoms with Crippen LogP contribution in [0.2, 0.25) is 0 Å². The van der Waals surface area contributed by atoms with Crippen molar-refractivity contribution in [1.29, 1.82) is 0 Å². The Kier molecular flexibility index (Phi) is 2.55. The van der Waals surface area contributed by atoms with E-state index in [9.17, 15) is 9.59 Å². The minimum Gasteiger partial charge on any atom is -0.481 e. The van der Waals surface area contributed by atoms with Gasteiger partial charge in [0, 0.05) is 12.6 Å². The van der Waals surface area contributed by atoms with Crippen LogP contribution in [0.15, 0.2) is 10.9 Å². The zero-order chi connectivity index (χ0) is 10.0. The Morgan fingerprint density at radius 1 is 1.77 bits per heavy atom. The Morgan fingerprint density at radius 3 is 2.77 bits per heavy atom. The molecule has 5 heteroatoms. The van der Waals surface area contributed by atoms with Gasteiger partial charge in [0.1, 0.15) is 0 Å². The number of carboxylic acids is 1. The third-order valence-corrected chi connectivity index (χ3v) is 1.96. The normalized spacial score (nSPS) is 12.8. The summed E-state index contributed by atoms with van der Waals surface area (Å²) in [5, 5.41) is 11.4. The first-order chi connectivity index (χ1) is 6.06. The number of aromatic amines is 1. The molecule has 1 rings (SSSR count). The molecule has 0 amide bonds. The lowest BCUT2D eigenvalue weighted by Gasteiger charge is -2.01. The maximum atomic E-state index is 11.1. The second-order valence-corrected chi connectivity index (χ2v) is 2.85. The first-order valence-electron chi connectivity index (χ1n) is 4.08. The Morgan fingerprint density at radius 2 is 2.38 bits per heavy atom. The molecule has 1 aromatic heterocycles. The van der Waals surface area contributed by atoms with E-state index in [2.05, 4.69) is 5.10 Å². The van der Waals surface area contributed by atoms with Gasteiger partial charge in [-0.1, -0.05) is 0 Å². The average molecular weight is 184 g/mol. The maximum absolute atomic E-state index is 11.1. The van der Waals surface area contributed by atoms with Gasteiger partial charge in [-0.15, -0.1) is 0 Å². The Bertz CT molecular complexity index is 364. The fraction of sp³-hybridized carbons (Fsp3) is 0.500. The minimum absolute atomic E-state index is 0.189. The zero-order valence-corrected chi connectivity index (χ0v) is 7.57. The maximum Gasteiger partial charge on any atom is 0.312 e. The van der Waals surface area contributed by atoms with Gasteiger partial charge in [-0.05, 0) is 13.8 Å². The van der Waals surface area contributed by atoms with Crippen LogP contribution in [0, 0.1) is 0 Å². The molecule has 0 bridgehead atoms. The van der Waals surface area contributed by atoms with E-state index in [-0.39, 0.29) is 5.56 Å². The molecule has 0 fully saturated rings. The number of aliphatic carboxylic acids is 1. The summed E-state index contributed by atoms with van der Waals surface area (Å²) in [4.78, 5) is 21.7. The van der Waals surface area contributed by atoms with Crippen molar-refractivity contribution in [3.8, 4) is 0 Å². The first kappa shape index (κ1) is 9.57. The van der Waals surface area contributed by atoms with E-state index in [1.807, 2.05) is 6.92 Å². The molecule has 0 saturated heterocycles. The number of aromatic nitrogens is 2. The molecule has 0 spiro atoms. The molecule has 0 saturated carbocycles. The van der Waals surface area contributed by atoms with Crippen LogP contribution < -0.4 is 5.56 Å². The van der Waals surface area contributed by atoms with E-state index in [0.29, 0.717) is 12.2 Å². The predicted octanol–water partition coefficient (Wildman–Crippen LogP) is 0.384. The van der Waals surface area contributed by atoms with Crippen LogP contribution in [-0.2, 0) is 11.3 Å². The molecular formula is C8H12N2O3. The number of carboxylic acid groups (broad SMARTS) is 1. The highest BCUT2D eigenvalue weighted by Gasteiger charge is 2.16. The summed E-state index contributed by atoms with van der Waals surface area (Å²) in [6.07, 6.45) is 0. The molecule has 1 atom stereocenters. The number of hydrogen-bond donors (Lipinski definition) is 2. The zero-order valence-electron chi connectivity index (χ0n) is 7.57. The van der Waals surface area contributed by atoms with Crippen LogP contribution >= 0.6 is 0 Å². The standard InChI is InChI=1S/C8H12N2O3/c1-3-10-7(11)4-6(9-10)5(2)8(12)13/h4-5,9H,3H2,1-2H3,(H,12,13). The number of nitrogens with zero attached hydrogens (tertiary/aromatic N) is 1. The van der Waals surface area contributed by atoms with E-state index >= 15 is 0 Å². The number of H-pyrrole nitrogens is 1. The summed E-state index contributed by atoms with van der Waals surface area (Å²) in [6.45, 7) is 3.87. The fourth-order valence-corrected chi connectivity index (χ4v) is 1.04. The molecule has 0 aliphatic carbocycles. The first-order valence-corrected chi connectivity index (χ1v) is 4.08. The topological polar surface area (TPSA) is 75.1 Å². The monoisotopic (exact) mass is 184 g/mol. The molecule has 72 valence electrons.